The SMILES string of the molecule is CC(C)(C)OC(=O)N1CCC2C(C(=O)O)NCC21. The second-order valence-electron chi connectivity index (χ2n) is 5.92. The molecule has 0 spiro atoms. The molecule has 2 N–H and O–H groups in total. The molecule has 18 heavy (non-hydrogen) atoms. The molecule has 3 unspecified atom stereocenters. The highest BCUT2D eigenvalue weighted by Crippen LogP contribution is 2.32. The predicted octanol–water partition coefficient (Wildman–Crippen LogP) is 0.668. The van der Waals surface area contributed by atoms with Crippen LogP contribution in [0, 0.1) is 5.92 Å². The summed E-state index contributed by atoms with van der Waals surface area (Å²) in [5.74, 6) is -0.844. The number of rotatable bonds is 1. The highest BCUT2D eigenvalue weighted by atomic mass is 16.6. The van der Waals surface area contributed by atoms with Gasteiger partial charge in [0.05, 0.1) is 6.04 Å². The first-order valence-corrected chi connectivity index (χ1v) is 6.25. The van der Waals surface area contributed by atoms with E-state index in [1.165, 1.54) is 0 Å². The van der Waals surface area contributed by atoms with Gasteiger partial charge in [-0.05, 0) is 27.2 Å². The van der Waals surface area contributed by atoms with E-state index in [1.807, 2.05) is 20.8 Å². The molecular formula is C12H20N2O4. The van der Waals surface area contributed by atoms with E-state index in [0.29, 0.717) is 19.5 Å². The molecule has 0 radical (unpaired) electrons. The normalized spacial score (nSPS) is 31.3. The van der Waals surface area contributed by atoms with Crippen LogP contribution in [0.4, 0.5) is 4.79 Å². The Hall–Kier alpha value is -1.30. The fourth-order valence-electron chi connectivity index (χ4n) is 2.74. The summed E-state index contributed by atoms with van der Waals surface area (Å²) in [5, 5.41) is 12.0. The van der Waals surface area contributed by atoms with Crippen LogP contribution in [-0.2, 0) is 9.53 Å². The van der Waals surface area contributed by atoms with E-state index in [1.54, 1.807) is 4.90 Å². The number of carboxylic acid groups (broad SMARTS) is 1. The molecule has 0 aromatic heterocycles. The molecule has 102 valence electrons. The van der Waals surface area contributed by atoms with E-state index in [0.717, 1.165) is 0 Å². The molecule has 0 saturated carbocycles. The Morgan fingerprint density at radius 1 is 1.39 bits per heavy atom. The van der Waals surface area contributed by atoms with Crippen molar-refractivity contribution in [1.82, 2.24) is 10.2 Å². The molecule has 1 amide bonds. The molecule has 0 aromatic carbocycles. The van der Waals surface area contributed by atoms with E-state index in [2.05, 4.69) is 5.32 Å². The lowest BCUT2D eigenvalue weighted by atomic mass is 9.97. The van der Waals surface area contributed by atoms with E-state index < -0.39 is 17.6 Å². The summed E-state index contributed by atoms with van der Waals surface area (Å²) in [7, 11) is 0. The van der Waals surface area contributed by atoms with Gasteiger partial charge in [0, 0.05) is 19.0 Å². The Kier molecular flexibility index (Phi) is 3.23. The van der Waals surface area contributed by atoms with Crippen molar-refractivity contribution in [2.75, 3.05) is 13.1 Å². The summed E-state index contributed by atoms with van der Waals surface area (Å²) < 4.78 is 5.34. The van der Waals surface area contributed by atoms with Gasteiger partial charge in [-0.3, -0.25) is 4.79 Å². The smallest absolute Gasteiger partial charge is 0.410 e. The van der Waals surface area contributed by atoms with Crippen molar-refractivity contribution in [2.45, 2.75) is 44.9 Å². The first-order valence-electron chi connectivity index (χ1n) is 6.25. The minimum Gasteiger partial charge on any atom is -0.480 e. The standard InChI is InChI=1S/C12H20N2O4/c1-12(2,3)18-11(17)14-5-4-7-8(14)6-13-9(7)10(15)16/h7-9,13H,4-6H2,1-3H3,(H,15,16). The number of nitrogens with zero attached hydrogens (tertiary/aromatic N) is 1. The van der Waals surface area contributed by atoms with Crippen molar-refractivity contribution >= 4 is 12.1 Å². The second kappa shape index (κ2) is 4.42. The topological polar surface area (TPSA) is 78.9 Å². The number of hydrogen-bond donors (Lipinski definition) is 2. The lowest BCUT2D eigenvalue weighted by Crippen LogP contribution is -2.42. The fourth-order valence-corrected chi connectivity index (χ4v) is 2.74. The van der Waals surface area contributed by atoms with Gasteiger partial charge in [0.1, 0.15) is 11.6 Å². The number of carbonyl (C=O) groups excluding carboxylic acids is 1. The molecule has 2 fully saturated rings. The number of ether oxygens (including phenoxy) is 1. The molecule has 2 saturated heterocycles. The van der Waals surface area contributed by atoms with Crippen LogP contribution in [0.25, 0.3) is 0 Å². The fraction of sp³-hybridized carbons (Fsp3) is 0.833. The van der Waals surface area contributed by atoms with E-state index in [9.17, 15) is 9.59 Å². The van der Waals surface area contributed by atoms with Crippen molar-refractivity contribution in [3.05, 3.63) is 0 Å². The Labute approximate surface area is 106 Å². The van der Waals surface area contributed by atoms with Crippen LogP contribution in [-0.4, -0.2) is 52.8 Å². The maximum Gasteiger partial charge on any atom is 0.410 e. The molecule has 2 rings (SSSR count). The van der Waals surface area contributed by atoms with Gasteiger partial charge in [0.15, 0.2) is 0 Å². The molecule has 0 aliphatic carbocycles. The number of nitrogens with one attached hydrogen (secondary N) is 1. The zero-order valence-electron chi connectivity index (χ0n) is 11.0. The Bertz CT molecular complexity index is 364. The quantitative estimate of drug-likeness (QED) is 0.721. The molecule has 3 atom stereocenters. The number of likely N-dealkylation sites (tertiary alicyclic amines) is 1. The predicted molar refractivity (Wildman–Crippen MR) is 64.3 cm³/mol. The van der Waals surface area contributed by atoms with Gasteiger partial charge >= 0.3 is 12.1 Å². The molecule has 6 nitrogen and oxygen atoms in total. The van der Waals surface area contributed by atoms with Crippen LogP contribution in [0.2, 0.25) is 0 Å². The van der Waals surface area contributed by atoms with Gasteiger partial charge in [0.25, 0.3) is 0 Å². The third kappa shape index (κ3) is 2.43. The highest BCUT2D eigenvalue weighted by Gasteiger charge is 2.48. The minimum absolute atomic E-state index is 0.00461. The zero-order valence-corrected chi connectivity index (χ0v) is 11.0. The van der Waals surface area contributed by atoms with Crippen LogP contribution in [0.1, 0.15) is 27.2 Å². The third-order valence-corrected chi connectivity index (χ3v) is 3.47. The summed E-state index contributed by atoms with van der Waals surface area (Å²) in [5.41, 5.74) is -0.520. The van der Waals surface area contributed by atoms with Crippen molar-refractivity contribution in [3.63, 3.8) is 0 Å². The molecule has 6 heteroatoms. The average Bonchev–Trinajstić information content (AvgIpc) is 2.71. The molecular weight excluding hydrogens is 236 g/mol. The van der Waals surface area contributed by atoms with Gasteiger partial charge in [0.2, 0.25) is 0 Å². The highest BCUT2D eigenvalue weighted by molar-refractivity contribution is 5.76. The van der Waals surface area contributed by atoms with Gasteiger partial charge < -0.3 is 20.1 Å². The van der Waals surface area contributed by atoms with Crippen LogP contribution in [0.15, 0.2) is 0 Å². The summed E-state index contributed by atoms with van der Waals surface area (Å²) >= 11 is 0. The van der Waals surface area contributed by atoms with Crippen LogP contribution < -0.4 is 5.32 Å². The number of carbonyl (C=O) groups is 2. The van der Waals surface area contributed by atoms with Crippen molar-refractivity contribution in [3.8, 4) is 0 Å². The molecule has 0 aromatic rings. The van der Waals surface area contributed by atoms with Gasteiger partial charge in [-0.2, -0.15) is 0 Å². The number of fused-ring (bicyclic) bond motifs is 1. The number of aliphatic carboxylic acids is 1. The van der Waals surface area contributed by atoms with E-state index >= 15 is 0 Å². The first-order chi connectivity index (χ1) is 8.29. The summed E-state index contributed by atoms with van der Waals surface area (Å²) in [6.45, 7) is 6.58. The molecule has 2 aliphatic rings. The number of carboxylic acids is 1. The maximum absolute atomic E-state index is 12.0. The second-order valence-corrected chi connectivity index (χ2v) is 5.92. The van der Waals surface area contributed by atoms with Gasteiger partial charge in [-0.15, -0.1) is 0 Å². The summed E-state index contributed by atoms with van der Waals surface area (Å²) in [6.07, 6.45) is 0.372. The average molecular weight is 256 g/mol. The van der Waals surface area contributed by atoms with Crippen molar-refractivity contribution in [2.24, 2.45) is 5.92 Å². The van der Waals surface area contributed by atoms with E-state index in [-0.39, 0.29) is 18.1 Å². The summed E-state index contributed by atoms with van der Waals surface area (Å²) in [6, 6.07) is -0.594. The third-order valence-electron chi connectivity index (χ3n) is 3.47. The Balaban J connectivity index is 2.02. The van der Waals surface area contributed by atoms with Gasteiger partial charge in [-0.25, -0.2) is 4.79 Å². The molecule has 2 heterocycles. The van der Waals surface area contributed by atoms with Crippen LogP contribution in [0.3, 0.4) is 0 Å². The Morgan fingerprint density at radius 3 is 2.61 bits per heavy atom. The number of hydrogen-bond acceptors (Lipinski definition) is 4. The molecule has 2 aliphatic heterocycles. The van der Waals surface area contributed by atoms with Gasteiger partial charge in [-0.1, -0.05) is 0 Å². The largest absolute Gasteiger partial charge is 0.480 e. The number of amides is 1. The van der Waals surface area contributed by atoms with Crippen LogP contribution >= 0.6 is 0 Å². The lowest BCUT2D eigenvalue weighted by Gasteiger charge is -2.27. The monoisotopic (exact) mass is 256 g/mol. The minimum atomic E-state index is -0.839. The lowest BCUT2D eigenvalue weighted by molar-refractivity contribution is -0.140. The van der Waals surface area contributed by atoms with Crippen molar-refractivity contribution in [1.29, 1.82) is 0 Å². The Morgan fingerprint density at radius 2 is 2.06 bits per heavy atom. The maximum atomic E-state index is 12.0. The van der Waals surface area contributed by atoms with Crippen molar-refractivity contribution < 1.29 is 19.4 Å². The zero-order chi connectivity index (χ0) is 13.5. The van der Waals surface area contributed by atoms with E-state index in [4.69, 9.17) is 9.84 Å². The molecule has 0 bridgehead atoms. The van der Waals surface area contributed by atoms with Crippen LogP contribution in [0.5, 0.6) is 0 Å². The first kappa shape index (κ1) is 13.1. The summed E-state index contributed by atoms with van der Waals surface area (Å²) in [4.78, 5) is 24.7.